The summed E-state index contributed by atoms with van der Waals surface area (Å²) in [7, 11) is 0. The molecular formula is C41H46N6O4S. The van der Waals surface area contributed by atoms with Gasteiger partial charge in [0.2, 0.25) is 0 Å². The Morgan fingerprint density at radius 2 is 1.25 bits per heavy atom. The quantitative estimate of drug-likeness (QED) is 0.186. The third-order valence-corrected chi connectivity index (χ3v) is 11.1. The van der Waals surface area contributed by atoms with Crippen molar-refractivity contribution in [1.82, 2.24) is 29.7 Å². The van der Waals surface area contributed by atoms with E-state index >= 15 is 0 Å². The first-order valence-electron chi connectivity index (χ1n) is 18.1. The van der Waals surface area contributed by atoms with Crippen molar-refractivity contribution in [2.24, 2.45) is 0 Å². The molecule has 10 nitrogen and oxygen atoms in total. The monoisotopic (exact) mass is 718 g/mol. The van der Waals surface area contributed by atoms with Crippen LogP contribution in [0.5, 0.6) is 0 Å². The minimum absolute atomic E-state index is 0.138. The lowest BCUT2D eigenvalue weighted by atomic mass is 9.98. The molecule has 2 amide bonds. The van der Waals surface area contributed by atoms with E-state index in [0.717, 1.165) is 85.6 Å². The molecular weight excluding hydrogens is 673 g/mol. The molecule has 4 aromatic carbocycles. The predicted octanol–water partition coefficient (Wildman–Crippen LogP) is 9.90. The van der Waals surface area contributed by atoms with E-state index in [4.69, 9.17) is 19.4 Å². The maximum Gasteiger partial charge on any atom is 0.410 e. The summed E-state index contributed by atoms with van der Waals surface area (Å²) in [4.78, 5) is 46.9. The molecule has 4 heterocycles. The molecule has 2 N–H and O–H groups in total. The average Bonchev–Trinajstić information content (AvgIpc) is 3.90. The number of H-pyrrole nitrogens is 2. The third kappa shape index (κ3) is 6.44. The van der Waals surface area contributed by atoms with Gasteiger partial charge in [-0.15, -0.1) is 0 Å². The molecule has 0 spiro atoms. The Bertz CT molecular complexity index is 2350. The second-order valence-electron chi connectivity index (χ2n) is 16.1. The van der Waals surface area contributed by atoms with E-state index in [9.17, 15) is 9.59 Å². The largest absolute Gasteiger partial charge is 0.444 e. The summed E-state index contributed by atoms with van der Waals surface area (Å²) in [6.07, 6.45) is 4.08. The van der Waals surface area contributed by atoms with Gasteiger partial charge in [-0.05, 0) is 113 Å². The lowest BCUT2D eigenvalue weighted by Gasteiger charge is -2.27. The first-order chi connectivity index (χ1) is 24.7. The van der Waals surface area contributed by atoms with E-state index in [0.29, 0.717) is 18.3 Å². The van der Waals surface area contributed by atoms with Gasteiger partial charge in [0, 0.05) is 29.1 Å². The minimum atomic E-state index is -0.567. The van der Waals surface area contributed by atoms with Gasteiger partial charge in [0.25, 0.3) is 0 Å². The zero-order chi connectivity index (χ0) is 36.5. The molecule has 0 aliphatic carbocycles. The molecule has 2 fully saturated rings. The Kier molecular flexibility index (Phi) is 8.40. The predicted molar refractivity (Wildman–Crippen MR) is 209 cm³/mol. The fraction of sp³-hybridized carbons (Fsp3) is 0.415. The van der Waals surface area contributed by atoms with Gasteiger partial charge in [-0.1, -0.05) is 36.4 Å². The van der Waals surface area contributed by atoms with E-state index in [1.807, 2.05) is 46.4 Å². The molecule has 0 bridgehead atoms. The molecule has 52 heavy (non-hydrogen) atoms. The Hall–Kier alpha value is -4.77. The molecule has 6 aromatic rings. The van der Waals surface area contributed by atoms with Crippen LogP contribution in [0.2, 0.25) is 0 Å². The van der Waals surface area contributed by atoms with Crippen molar-refractivity contribution in [3.05, 3.63) is 72.3 Å². The smallest absolute Gasteiger partial charge is 0.410 e. The van der Waals surface area contributed by atoms with Gasteiger partial charge in [0.15, 0.2) is 0 Å². The molecule has 11 heteroatoms. The molecule has 3 atom stereocenters. The third-order valence-electron chi connectivity index (χ3n) is 10.1. The summed E-state index contributed by atoms with van der Waals surface area (Å²) in [5, 5.41) is 4.71. The second-order valence-corrected chi connectivity index (χ2v) is 17.2. The van der Waals surface area contributed by atoms with Gasteiger partial charge < -0.3 is 19.4 Å². The van der Waals surface area contributed by atoms with Gasteiger partial charge >= 0.3 is 12.2 Å². The highest BCUT2D eigenvalue weighted by Crippen LogP contribution is 2.39. The van der Waals surface area contributed by atoms with Crippen molar-refractivity contribution in [2.75, 3.05) is 19.3 Å². The number of rotatable bonds is 4. The maximum atomic E-state index is 13.2. The van der Waals surface area contributed by atoms with E-state index in [-0.39, 0.29) is 24.3 Å². The molecule has 270 valence electrons. The van der Waals surface area contributed by atoms with Crippen molar-refractivity contribution in [1.29, 1.82) is 0 Å². The average molecular weight is 719 g/mol. The van der Waals surface area contributed by atoms with E-state index < -0.39 is 11.2 Å². The summed E-state index contributed by atoms with van der Waals surface area (Å²) in [6, 6.07) is 21.1. The van der Waals surface area contributed by atoms with Crippen LogP contribution in [0.25, 0.3) is 54.7 Å². The standard InChI is InChI=1S/C41H46N6O4S/c1-40(2,3)50-38(48)46-18-8-9-32(46)36-42-30-16-12-25-19-23(10-14-28(25)34(30)44-36)24-11-15-29-26(20-24)13-17-31-35(29)45-37(43-31)33-21-27(52-7)22-47(33)39(49)51-41(4,5)6/h10-17,19-20,27,32-33H,8-9,18,21-22H2,1-7H3,(H,42,44)(H,43,45)/t27-,32-,33?/m0/s1. The Labute approximate surface area is 307 Å². The summed E-state index contributed by atoms with van der Waals surface area (Å²) in [6.45, 7) is 12.7. The minimum Gasteiger partial charge on any atom is -0.444 e. The van der Waals surface area contributed by atoms with Crippen molar-refractivity contribution >= 4 is 67.6 Å². The number of hydrogen-bond acceptors (Lipinski definition) is 7. The highest BCUT2D eigenvalue weighted by atomic mass is 32.2. The normalized spacial score (nSPS) is 19.8. The molecule has 0 radical (unpaired) electrons. The van der Waals surface area contributed by atoms with Crippen molar-refractivity contribution in [3.8, 4) is 11.1 Å². The number of likely N-dealkylation sites (tertiary alicyclic amines) is 2. The van der Waals surface area contributed by atoms with Crippen LogP contribution >= 0.6 is 11.8 Å². The fourth-order valence-electron chi connectivity index (χ4n) is 7.67. The Morgan fingerprint density at radius 1 is 0.731 bits per heavy atom. The number of thioether (sulfide) groups is 1. The van der Waals surface area contributed by atoms with Crippen molar-refractivity contribution in [2.45, 2.75) is 89.3 Å². The van der Waals surface area contributed by atoms with Gasteiger partial charge in [-0.3, -0.25) is 9.80 Å². The van der Waals surface area contributed by atoms with Gasteiger partial charge in [-0.25, -0.2) is 19.6 Å². The maximum absolute atomic E-state index is 13.2. The van der Waals surface area contributed by atoms with Crippen LogP contribution in [0.4, 0.5) is 9.59 Å². The highest BCUT2D eigenvalue weighted by Gasteiger charge is 2.40. The number of ether oxygens (including phenoxy) is 2. The number of nitrogens with one attached hydrogen (secondary N) is 2. The number of aromatic nitrogens is 4. The molecule has 8 rings (SSSR count). The molecule has 0 saturated carbocycles. The van der Waals surface area contributed by atoms with Crippen LogP contribution in [0.1, 0.15) is 84.5 Å². The molecule has 1 unspecified atom stereocenters. The van der Waals surface area contributed by atoms with Crippen LogP contribution in [0, 0.1) is 0 Å². The number of nitrogens with zero attached hydrogens (tertiary/aromatic N) is 4. The number of aromatic amines is 2. The van der Waals surface area contributed by atoms with Crippen LogP contribution in [-0.4, -0.2) is 77.7 Å². The van der Waals surface area contributed by atoms with Crippen LogP contribution in [0.15, 0.2) is 60.7 Å². The Morgan fingerprint density at radius 3 is 1.77 bits per heavy atom. The van der Waals surface area contributed by atoms with Gasteiger partial charge in [-0.2, -0.15) is 11.8 Å². The number of carbonyl (C=O) groups excluding carboxylic acids is 2. The number of carbonyl (C=O) groups is 2. The first kappa shape index (κ1) is 34.3. The number of hydrogen-bond donors (Lipinski definition) is 2. The molecule has 2 aromatic heterocycles. The number of amides is 2. The summed E-state index contributed by atoms with van der Waals surface area (Å²) < 4.78 is 11.5. The number of imidazole rings is 2. The van der Waals surface area contributed by atoms with Gasteiger partial charge in [0.05, 0.1) is 34.2 Å². The second kappa shape index (κ2) is 12.7. The summed E-state index contributed by atoms with van der Waals surface area (Å²) in [5.74, 6) is 1.59. The zero-order valence-electron chi connectivity index (χ0n) is 30.9. The fourth-order valence-corrected chi connectivity index (χ4v) is 8.36. The van der Waals surface area contributed by atoms with Crippen LogP contribution in [-0.2, 0) is 9.47 Å². The lowest BCUT2D eigenvalue weighted by Crippen LogP contribution is -2.37. The van der Waals surface area contributed by atoms with Gasteiger partial charge in [0.1, 0.15) is 22.9 Å². The highest BCUT2D eigenvalue weighted by molar-refractivity contribution is 7.99. The molecule has 2 saturated heterocycles. The van der Waals surface area contributed by atoms with E-state index in [2.05, 4.69) is 76.9 Å². The van der Waals surface area contributed by atoms with Crippen LogP contribution in [0.3, 0.4) is 0 Å². The SMILES string of the molecule is CS[C@H]1CC(c2nc3ccc4cc(-c5ccc6c(ccc7nc([C@@H]8CCCN8C(=O)OC(C)(C)C)[nH]c76)c5)ccc4c3[nH]2)N(C(=O)OC(C)(C)C)C1. The first-order valence-corrected chi connectivity index (χ1v) is 19.4. The Balaban J connectivity index is 1.08. The summed E-state index contributed by atoms with van der Waals surface area (Å²) in [5.41, 5.74) is 4.83. The molecule has 2 aliphatic rings. The van der Waals surface area contributed by atoms with E-state index in [1.54, 1.807) is 16.7 Å². The van der Waals surface area contributed by atoms with E-state index in [1.165, 1.54) is 0 Å². The summed E-state index contributed by atoms with van der Waals surface area (Å²) >= 11 is 1.78. The van der Waals surface area contributed by atoms with Crippen LogP contribution < -0.4 is 0 Å². The molecule has 2 aliphatic heterocycles. The number of benzene rings is 4. The van der Waals surface area contributed by atoms with Crippen molar-refractivity contribution in [3.63, 3.8) is 0 Å². The topological polar surface area (TPSA) is 116 Å². The lowest BCUT2D eigenvalue weighted by molar-refractivity contribution is 0.0209. The number of fused-ring (bicyclic) bond motifs is 6. The zero-order valence-corrected chi connectivity index (χ0v) is 31.7. The van der Waals surface area contributed by atoms with Crippen molar-refractivity contribution < 1.29 is 19.1 Å².